The highest BCUT2D eigenvalue weighted by atomic mass is 16.5. The van der Waals surface area contributed by atoms with Crippen molar-refractivity contribution in [2.24, 2.45) is 5.92 Å². The van der Waals surface area contributed by atoms with Crippen molar-refractivity contribution in [2.45, 2.75) is 26.8 Å². The summed E-state index contributed by atoms with van der Waals surface area (Å²) in [4.78, 5) is 35.5. The number of amides is 2. The first-order valence-electron chi connectivity index (χ1n) is 5.21. The standard InChI is InChI=1S/C11H15NO4/c1-4-16-11(15)10(7(2)3)12-8(13)5-6-9(12)14/h5-7,10H,4H2,1-3H3/t10-/m0/s1. The van der Waals surface area contributed by atoms with Crippen molar-refractivity contribution in [3.05, 3.63) is 12.2 Å². The third-order valence-corrected chi connectivity index (χ3v) is 2.28. The molecular weight excluding hydrogens is 210 g/mol. The highest BCUT2D eigenvalue weighted by molar-refractivity contribution is 6.14. The molecule has 0 fully saturated rings. The van der Waals surface area contributed by atoms with Gasteiger partial charge in [0.25, 0.3) is 11.8 Å². The molecule has 0 unspecified atom stereocenters. The summed E-state index contributed by atoms with van der Waals surface area (Å²) in [6.07, 6.45) is 2.33. The lowest BCUT2D eigenvalue weighted by molar-refractivity contribution is -0.159. The Hall–Kier alpha value is -1.65. The van der Waals surface area contributed by atoms with Gasteiger partial charge in [-0.05, 0) is 12.8 Å². The number of ether oxygens (including phenoxy) is 1. The monoisotopic (exact) mass is 225 g/mol. The van der Waals surface area contributed by atoms with Gasteiger partial charge >= 0.3 is 5.97 Å². The van der Waals surface area contributed by atoms with E-state index in [1.54, 1.807) is 20.8 Å². The molecule has 0 saturated heterocycles. The van der Waals surface area contributed by atoms with Crippen LogP contribution in [0.25, 0.3) is 0 Å². The zero-order valence-corrected chi connectivity index (χ0v) is 9.60. The predicted molar refractivity (Wildman–Crippen MR) is 56.3 cm³/mol. The van der Waals surface area contributed by atoms with Gasteiger partial charge in [0.05, 0.1) is 6.61 Å². The molecule has 16 heavy (non-hydrogen) atoms. The van der Waals surface area contributed by atoms with Gasteiger partial charge in [-0.3, -0.25) is 14.5 Å². The molecule has 0 aliphatic carbocycles. The van der Waals surface area contributed by atoms with E-state index in [2.05, 4.69) is 0 Å². The van der Waals surface area contributed by atoms with Gasteiger partial charge in [-0.25, -0.2) is 4.79 Å². The molecule has 0 aromatic rings. The van der Waals surface area contributed by atoms with Crippen LogP contribution in [-0.4, -0.2) is 35.3 Å². The van der Waals surface area contributed by atoms with Crippen molar-refractivity contribution in [1.29, 1.82) is 0 Å². The quantitative estimate of drug-likeness (QED) is 0.516. The molecule has 0 saturated carbocycles. The van der Waals surface area contributed by atoms with Gasteiger partial charge < -0.3 is 4.74 Å². The van der Waals surface area contributed by atoms with E-state index in [0.29, 0.717) is 0 Å². The minimum Gasteiger partial charge on any atom is -0.464 e. The van der Waals surface area contributed by atoms with Crippen molar-refractivity contribution < 1.29 is 19.1 Å². The zero-order chi connectivity index (χ0) is 12.3. The van der Waals surface area contributed by atoms with E-state index < -0.39 is 23.8 Å². The molecule has 88 valence electrons. The molecule has 1 heterocycles. The normalized spacial score (nSPS) is 17.1. The summed E-state index contributed by atoms with van der Waals surface area (Å²) in [5.74, 6) is -1.64. The van der Waals surface area contributed by atoms with Crippen LogP contribution in [0.2, 0.25) is 0 Å². The summed E-state index contributed by atoms with van der Waals surface area (Å²) in [5, 5.41) is 0. The fraction of sp³-hybridized carbons (Fsp3) is 0.545. The number of esters is 1. The highest BCUT2D eigenvalue weighted by Gasteiger charge is 2.38. The molecule has 2 amide bonds. The second kappa shape index (κ2) is 4.92. The Bertz CT molecular complexity index is 328. The number of nitrogens with zero attached hydrogens (tertiary/aromatic N) is 1. The van der Waals surface area contributed by atoms with E-state index in [-0.39, 0.29) is 12.5 Å². The van der Waals surface area contributed by atoms with Crippen LogP contribution in [-0.2, 0) is 19.1 Å². The number of hydrogen-bond acceptors (Lipinski definition) is 4. The maximum atomic E-state index is 11.7. The first kappa shape index (κ1) is 12.4. The molecule has 0 N–H and O–H groups in total. The van der Waals surface area contributed by atoms with Crippen LogP contribution < -0.4 is 0 Å². The van der Waals surface area contributed by atoms with Crippen molar-refractivity contribution in [3.63, 3.8) is 0 Å². The number of carbonyl (C=O) groups is 3. The smallest absolute Gasteiger partial charge is 0.329 e. The lowest BCUT2D eigenvalue weighted by Crippen LogP contribution is -2.48. The Kier molecular flexibility index (Phi) is 3.82. The fourth-order valence-corrected chi connectivity index (χ4v) is 1.59. The first-order chi connectivity index (χ1) is 7.49. The summed E-state index contributed by atoms with van der Waals surface area (Å²) < 4.78 is 4.86. The molecule has 1 aliphatic heterocycles. The van der Waals surface area contributed by atoms with Gasteiger partial charge in [0.1, 0.15) is 6.04 Å². The molecule has 1 rings (SSSR count). The van der Waals surface area contributed by atoms with E-state index in [9.17, 15) is 14.4 Å². The van der Waals surface area contributed by atoms with Crippen molar-refractivity contribution in [2.75, 3.05) is 6.61 Å². The summed E-state index contributed by atoms with van der Waals surface area (Å²) in [6, 6.07) is -0.838. The Morgan fingerprint density at radius 1 is 1.31 bits per heavy atom. The molecule has 5 heteroatoms. The van der Waals surface area contributed by atoms with Crippen molar-refractivity contribution in [1.82, 2.24) is 4.90 Å². The van der Waals surface area contributed by atoms with E-state index in [1.807, 2.05) is 0 Å². The van der Waals surface area contributed by atoms with Gasteiger partial charge in [-0.15, -0.1) is 0 Å². The first-order valence-corrected chi connectivity index (χ1v) is 5.21. The predicted octanol–water partition coefficient (Wildman–Crippen LogP) is 0.499. The third-order valence-electron chi connectivity index (χ3n) is 2.28. The van der Waals surface area contributed by atoms with E-state index in [4.69, 9.17) is 4.74 Å². The van der Waals surface area contributed by atoms with Gasteiger partial charge in [0.2, 0.25) is 0 Å². The van der Waals surface area contributed by atoms with Crippen molar-refractivity contribution in [3.8, 4) is 0 Å². The number of hydrogen-bond donors (Lipinski definition) is 0. The van der Waals surface area contributed by atoms with E-state index in [1.165, 1.54) is 0 Å². The Labute approximate surface area is 94.1 Å². The molecule has 0 bridgehead atoms. The van der Waals surface area contributed by atoms with Crippen LogP contribution >= 0.6 is 0 Å². The third kappa shape index (κ3) is 2.29. The highest BCUT2D eigenvalue weighted by Crippen LogP contribution is 2.17. The average molecular weight is 225 g/mol. The molecule has 0 radical (unpaired) electrons. The minimum absolute atomic E-state index is 0.174. The Balaban J connectivity index is 2.90. The number of rotatable bonds is 4. The molecule has 1 atom stereocenters. The molecule has 0 aromatic carbocycles. The molecule has 0 spiro atoms. The Morgan fingerprint density at radius 3 is 2.19 bits per heavy atom. The van der Waals surface area contributed by atoms with Gasteiger partial charge in [0, 0.05) is 12.2 Å². The van der Waals surface area contributed by atoms with Gasteiger partial charge in [-0.1, -0.05) is 13.8 Å². The van der Waals surface area contributed by atoms with Crippen LogP contribution in [0.15, 0.2) is 12.2 Å². The molecule has 0 aromatic heterocycles. The van der Waals surface area contributed by atoms with E-state index >= 15 is 0 Å². The summed E-state index contributed by atoms with van der Waals surface area (Å²) in [5.41, 5.74) is 0. The Morgan fingerprint density at radius 2 is 1.81 bits per heavy atom. The second-order valence-corrected chi connectivity index (χ2v) is 3.82. The number of imide groups is 1. The fourth-order valence-electron chi connectivity index (χ4n) is 1.59. The van der Waals surface area contributed by atoms with Crippen molar-refractivity contribution >= 4 is 17.8 Å². The minimum atomic E-state index is -0.838. The van der Waals surface area contributed by atoms with Crippen LogP contribution in [0, 0.1) is 5.92 Å². The SMILES string of the molecule is CCOC(=O)[C@H](C(C)C)N1C(=O)C=CC1=O. The van der Waals surface area contributed by atoms with Gasteiger partial charge in [0.15, 0.2) is 0 Å². The summed E-state index contributed by atoms with van der Waals surface area (Å²) in [6.45, 7) is 5.44. The summed E-state index contributed by atoms with van der Waals surface area (Å²) in [7, 11) is 0. The van der Waals surface area contributed by atoms with Crippen LogP contribution in [0.4, 0.5) is 0 Å². The van der Waals surface area contributed by atoms with Crippen LogP contribution in [0.3, 0.4) is 0 Å². The summed E-state index contributed by atoms with van der Waals surface area (Å²) >= 11 is 0. The lowest BCUT2D eigenvalue weighted by atomic mass is 10.0. The topological polar surface area (TPSA) is 63.7 Å². The van der Waals surface area contributed by atoms with E-state index in [0.717, 1.165) is 17.1 Å². The zero-order valence-electron chi connectivity index (χ0n) is 9.60. The van der Waals surface area contributed by atoms with Crippen LogP contribution in [0.5, 0.6) is 0 Å². The maximum absolute atomic E-state index is 11.7. The molecule has 5 nitrogen and oxygen atoms in total. The maximum Gasteiger partial charge on any atom is 0.329 e. The molecule has 1 aliphatic rings. The largest absolute Gasteiger partial charge is 0.464 e. The van der Waals surface area contributed by atoms with Gasteiger partial charge in [-0.2, -0.15) is 0 Å². The molecular formula is C11H15NO4. The second-order valence-electron chi connectivity index (χ2n) is 3.82. The number of carbonyl (C=O) groups excluding carboxylic acids is 3. The van der Waals surface area contributed by atoms with Crippen LogP contribution in [0.1, 0.15) is 20.8 Å². The lowest BCUT2D eigenvalue weighted by Gasteiger charge is -2.27. The average Bonchev–Trinajstić information content (AvgIpc) is 2.50.